The molecule has 24 heavy (non-hydrogen) atoms. The van der Waals surface area contributed by atoms with Gasteiger partial charge in [-0.1, -0.05) is 28.1 Å². The molecule has 0 radical (unpaired) electrons. The minimum Gasteiger partial charge on any atom is -0.326 e. The van der Waals surface area contributed by atoms with Gasteiger partial charge in [-0.05, 0) is 58.7 Å². The van der Waals surface area contributed by atoms with Gasteiger partial charge in [-0.3, -0.25) is 4.79 Å². The third kappa shape index (κ3) is 5.41. The molecule has 5 nitrogen and oxygen atoms in total. The minimum atomic E-state index is -3.70. The van der Waals surface area contributed by atoms with Gasteiger partial charge in [-0.15, -0.1) is 0 Å². The molecule has 0 atom stereocenters. The first kappa shape index (κ1) is 19.1. The molecule has 8 heteroatoms. The van der Waals surface area contributed by atoms with E-state index in [1.54, 1.807) is 18.2 Å². The fourth-order valence-electron chi connectivity index (χ4n) is 2.01. The van der Waals surface area contributed by atoms with Crippen LogP contribution in [0.5, 0.6) is 0 Å². The van der Waals surface area contributed by atoms with E-state index in [9.17, 15) is 13.2 Å². The van der Waals surface area contributed by atoms with E-state index in [1.807, 2.05) is 25.1 Å². The van der Waals surface area contributed by atoms with Gasteiger partial charge < -0.3 is 5.32 Å². The first-order chi connectivity index (χ1) is 11.3. The number of aryl methyl sites for hydroxylation is 1. The summed E-state index contributed by atoms with van der Waals surface area (Å²) < 4.78 is 28.1. The van der Waals surface area contributed by atoms with Crippen LogP contribution in [-0.2, 0) is 14.8 Å². The molecule has 2 aromatic rings. The molecule has 0 saturated heterocycles. The van der Waals surface area contributed by atoms with Gasteiger partial charge in [0.25, 0.3) is 0 Å². The number of nitrogens with one attached hydrogen (secondary N) is 2. The predicted molar refractivity (Wildman–Crippen MR) is 101 cm³/mol. The lowest BCUT2D eigenvalue weighted by molar-refractivity contribution is -0.116. The molecule has 0 saturated carbocycles. The van der Waals surface area contributed by atoms with Gasteiger partial charge in [0.1, 0.15) is 0 Å². The monoisotopic (exact) mass is 474 g/mol. The molecule has 1 amide bonds. The van der Waals surface area contributed by atoms with Crippen LogP contribution in [0.3, 0.4) is 0 Å². The minimum absolute atomic E-state index is 0.0128. The Balaban J connectivity index is 1.93. The van der Waals surface area contributed by atoms with E-state index in [4.69, 9.17) is 0 Å². The van der Waals surface area contributed by atoms with E-state index < -0.39 is 10.0 Å². The van der Waals surface area contributed by atoms with Crippen molar-refractivity contribution in [3.05, 3.63) is 57.0 Å². The molecule has 0 aliphatic rings. The van der Waals surface area contributed by atoms with Crippen molar-refractivity contribution in [3.8, 4) is 0 Å². The zero-order valence-electron chi connectivity index (χ0n) is 12.8. The van der Waals surface area contributed by atoms with Crippen LogP contribution >= 0.6 is 31.9 Å². The summed E-state index contributed by atoms with van der Waals surface area (Å²) in [6.07, 6.45) is 0.0405. The molecule has 128 valence electrons. The second kappa shape index (κ2) is 8.24. The Bertz CT molecular complexity index is 854. The second-order valence-electron chi connectivity index (χ2n) is 5.14. The van der Waals surface area contributed by atoms with Gasteiger partial charge in [0, 0.05) is 27.6 Å². The highest BCUT2D eigenvalue weighted by Gasteiger charge is 2.18. The molecular weight excluding hydrogens is 460 g/mol. The highest BCUT2D eigenvalue weighted by Crippen LogP contribution is 2.25. The zero-order valence-corrected chi connectivity index (χ0v) is 16.8. The van der Waals surface area contributed by atoms with Crippen LogP contribution in [-0.4, -0.2) is 20.9 Å². The highest BCUT2D eigenvalue weighted by atomic mass is 79.9. The number of rotatable bonds is 6. The fourth-order valence-corrected chi connectivity index (χ4v) is 4.54. The molecule has 0 heterocycles. The summed E-state index contributed by atoms with van der Waals surface area (Å²) in [4.78, 5) is 12.0. The second-order valence-corrected chi connectivity index (χ2v) is 8.65. The Kier molecular flexibility index (Phi) is 6.56. The lowest BCUT2D eigenvalue weighted by atomic mass is 10.2. The van der Waals surface area contributed by atoms with E-state index in [-0.39, 0.29) is 23.8 Å². The molecule has 2 N–H and O–H groups in total. The first-order valence-corrected chi connectivity index (χ1v) is 10.2. The van der Waals surface area contributed by atoms with Gasteiger partial charge in [0.05, 0.1) is 4.90 Å². The summed E-state index contributed by atoms with van der Waals surface area (Å²) >= 11 is 6.46. The van der Waals surface area contributed by atoms with E-state index in [2.05, 4.69) is 41.9 Å². The van der Waals surface area contributed by atoms with Crippen LogP contribution in [0.2, 0.25) is 0 Å². The molecule has 0 aliphatic heterocycles. The number of hydrogen-bond donors (Lipinski definition) is 2. The Labute approximate surface area is 158 Å². The van der Waals surface area contributed by atoms with Crippen molar-refractivity contribution in [1.29, 1.82) is 0 Å². The Hall–Kier alpha value is -1.22. The highest BCUT2D eigenvalue weighted by molar-refractivity contribution is 9.11. The first-order valence-electron chi connectivity index (χ1n) is 7.09. The van der Waals surface area contributed by atoms with Crippen LogP contribution in [0.25, 0.3) is 0 Å². The van der Waals surface area contributed by atoms with E-state index in [0.717, 1.165) is 5.56 Å². The summed E-state index contributed by atoms with van der Waals surface area (Å²) in [5, 5.41) is 2.74. The summed E-state index contributed by atoms with van der Waals surface area (Å²) in [7, 11) is -3.70. The van der Waals surface area contributed by atoms with Crippen LogP contribution in [0.1, 0.15) is 12.0 Å². The fraction of sp³-hybridized carbons (Fsp3) is 0.188. The van der Waals surface area contributed by atoms with Gasteiger partial charge in [-0.25, -0.2) is 13.1 Å². The van der Waals surface area contributed by atoms with Crippen molar-refractivity contribution >= 4 is 53.5 Å². The number of sulfonamides is 1. The molecule has 0 spiro atoms. The van der Waals surface area contributed by atoms with Gasteiger partial charge in [-0.2, -0.15) is 0 Å². The van der Waals surface area contributed by atoms with Crippen LogP contribution < -0.4 is 10.0 Å². The molecular formula is C16H16Br2N2O3S. The molecule has 0 unspecified atom stereocenters. The number of anilines is 1. The Morgan fingerprint density at radius 1 is 1.12 bits per heavy atom. The van der Waals surface area contributed by atoms with Crippen molar-refractivity contribution in [1.82, 2.24) is 4.72 Å². The Morgan fingerprint density at radius 3 is 2.58 bits per heavy atom. The smallest absolute Gasteiger partial charge is 0.241 e. The Morgan fingerprint density at radius 2 is 1.88 bits per heavy atom. The average Bonchev–Trinajstić information content (AvgIpc) is 2.49. The quantitative estimate of drug-likeness (QED) is 0.666. The maximum absolute atomic E-state index is 12.3. The normalized spacial score (nSPS) is 11.3. The molecule has 0 aliphatic carbocycles. The van der Waals surface area contributed by atoms with Gasteiger partial charge in [0.15, 0.2) is 0 Å². The number of benzene rings is 2. The largest absolute Gasteiger partial charge is 0.326 e. The number of amides is 1. The lowest BCUT2D eigenvalue weighted by Crippen LogP contribution is -2.28. The van der Waals surface area contributed by atoms with Crippen molar-refractivity contribution in [2.75, 3.05) is 11.9 Å². The molecule has 2 aromatic carbocycles. The molecule has 0 fully saturated rings. The summed E-state index contributed by atoms with van der Waals surface area (Å²) in [5.41, 5.74) is 1.73. The molecule has 2 rings (SSSR count). The van der Waals surface area contributed by atoms with Crippen molar-refractivity contribution < 1.29 is 13.2 Å². The van der Waals surface area contributed by atoms with Crippen molar-refractivity contribution in [2.45, 2.75) is 18.2 Å². The number of carbonyl (C=O) groups excluding carboxylic acids is 1. The average molecular weight is 476 g/mol. The number of halogens is 2. The third-order valence-electron chi connectivity index (χ3n) is 3.13. The van der Waals surface area contributed by atoms with E-state index >= 15 is 0 Å². The number of hydrogen-bond acceptors (Lipinski definition) is 3. The van der Waals surface area contributed by atoms with Crippen LogP contribution in [0, 0.1) is 6.92 Å². The SMILES string of the molecule is Cc1cccc(NC(=O)CCNS(=O)(=O)c2cc(Br)ccc2Br)c1. The van der Waals surface area contributed by atoms with Crippen LogP contribution in [0.4, 0.5) is 5.69 Å². The van der Waals surface area contributed by atoms with Gasteiger partial charge >= 0.3 is 0 Å². The van der Waals surface area contributed by atoms with Crippen molar-refractivity contribution in [3.63, 3.8) is 0 Å². The predicted octanol–water partition coefficient (Wildman–Crippen LogP) is 3.83. The maximum atomic E-state index is 12.3. The molecule has 0 aromatic heterocycles. The van der Waals surface area contributed by atoms with Crippen molar-refractivity contribution in [2.24, 2.45) is 0 Å². The topological polar surface area (TPSA) is 75.3 Å². The number of carbonyl (C=O) groups is 1. The maximum Gasteiger partial charge on any atom is 0.241 e. The van der Waals surface area contributed by atoms with Gasteiger partial charge in [0.2, 0.25) is 15.9 Å². The molecule has 0 bridgehead atoms. The third-order valence-corrected chi connectivity index (χ3v) is 6.08. The van der Waals surface area contributed by atoms with E-state index in [1.165, 1.54) is 6.07 Å². The summed E-state index contributed by atoms with van der Waals surface area (Å²) in [6.45, 7) is 1.94. The standard InChI is InChI=1S/C16H16Br2N2O3S/c1-11-3-2-4-13(9-11)20-16(21)7-8-19-24(22,23)15-10-12(17)5-6-14(15)18/h2-6,9-10,19H,7-8H2,1H3,(H,20,21). The lowest BCUT2D eigenvalue weighted by Gasteiger charge is -2.09. The zero-order chi connectivity index (χ0) is 17.7. The van der Waals surface area contributed by atoms with E-state index in [0.29, 0.717) is 14.6 Å². The summed E-state index contributed by atoms with van der Waals surface area (Å²) in [5.74, 6) is -0.253. The van der Waals surface area contributed by atoms with Crippen LogP contribution in [0.15, 0.2) is 56.3 Å². The summed E-state index contributed by atoms with van der Waals surface area (Å²) in [6, 6.07) is 12.3.